The van der Waals surface area contributed by atoms with E-state index >= 15 is 0 Å². The predicted octanol–water partition coefficient (Wildman–Crippen LogP) is 4.26. The second kappa shape index (κ2) is 8.70. The zero-order valence-corrected chi connectivity index (χ0v) is 18.9. The van der Waals surface area contributed by atoms with Crippen molar-refractivity contribution in [2.24, 2.45) is 4.99 Å². The lowest BCUT2D eigenvalue weighted by molar-refractivity contribution is 0.100. The molecule has 0 radical (unpaired) electrons. The quantitative estimate of drug-likeness (QED) is 0.679. The number of aliphatic imine (C=N–C) groups is 1. The molecule has 6 nitrogen and oxygen atoms in total. The summed E-state index contributed by atoms with van der Waals surface area (Å²) in [5.41, 5.74) is 0.936. The molecule has 0 aromatic heterocycles. The van der Waals surface area contributed by atoms with Gasteiger partial charge in [0, 0.05) is 29.4 Å². The van der Waals surface area contributed by atoms with Gasteiger partial charge in [-0.1, -0.05) is 29.4 Å². The molecule has 2 aliphatic rings. The van der Waals surface area contributed by atoms with Gasteiger partial charge in [0.25, 0.3) is 5.91 Å². The summed E-state index contributed by atoms with van der Waals surface area (Å²) in [6, 6.07) is 13.3. The van der Waals surface area contributed by atoms with Crippen LogP contribution in [0.3, 0.4) is 0 Å². The molecular weight excluding hydrogens is 442 g/mol. The van der Waals surface area contributed by atoms with Crippen LogP contribution in [-0.4, -0.2) is 48.7 Å². The van der Waals surface area contributed by atoms with E-state index in [4.69, 9.17) is 11.6 Å². The van der Waals surface area contributed by atoms with Gasteiger partial charge in [-0.25, -0.2) is 8.42 Å². The third-order valence-electron chi connectivity index (χ3n) is 5.05. The summed E-state index contributed by atoms with van der Waals surface area (Å²) >= 11 is 7.53. The topological polar surface area (TPSA) is 70.1 Å². The molecule has 1 atom stereocenters. The Morgan fingerprint density at radius 2 is 1.87 bits per heavy atom. The first-order chi connectivity index (χ1) is 14.4. The molecule has 158 valence electrons. The number of amides is 1. The summed E-state index contributed by atoms with van der Waals surface area (Å²) in [6.07, 6.45) is 1.72. The van der Waals surface area contributed by atoms with Gasteiger partial charge in [0.2, 0.25) is 10.0 Å². The van der Waals surface area contributed by atoms with Crippen molar-refractivity contribution in [1.82, 2.24) is 4.31 Å². The summed E-state index contributed by atoms with van der Waals surface area (Å²) in [4.78, 5) is 19.8. The maximum absolute atomic E-state index is 13.5. The highest BCUT2D eigenvalue weighted by molar-refractivity contribution is 8.14. The lowest BCUT2D eigenvalue weighted by Gasteiger charge is -2.23. The number of nitrogens with zero attached hydrogens (tertiary/aromatic N) is 3. The Morgan fingerprint density at radius 3 is 2.50 bits per heavy atom. The molecular formula is C21H22ClN3O3S2. The van der Waals surface area contributed by atoms with E-state index in [1.807, 2.05) is 6.92 Å². The molecule has 2 aromatic carbocycles. The van der Waals surface area contributed by atoms with Crippen LogP contribution in [0.1, 0.15) is 30.1 Å². The van der Waals surface area contributed by atoms with E-state index in [0.29, 0.717) is 34.5 Å². The van der Waals surface area contributed by atoms with Crippen molar-refractivity contribution >= 4 is 50.1 Å². The van der Waals surface area contributed by atoms with E-state index in [-0.39, 0.29) is 16.8 Å². The Hall–Kier alpha value is -1.87. The molecule has 0 bridgehead atoms. The highest BCUT2D eigenvalue weighted by Crippen LogP contribution is 2.29. The number of carbonyl (C=O) groups is 1. The Morgan fingerprint density at radius 1 is 1.17 bits per heavy atom. The molecule has 4 rings (SSSR count). The van der Waals surface area contributed by atoms with E-state index in [2.05, 4.69) is 4.99 Å². The van der Waals surface area contributed by atoms with Gasteiger partial charge >= 0.3 is 0 Å². The lowest BCUT2D eigenvalue weighted by atomic mass is 10.2. The fourth-order valence-electron chi connectivity index (χ4n) is 3.48. The van der Waals surface area contributed by atoms with Crippen molar-refractivity contribution < 1.29 is 13.2 Å². The van der Waals surface area contributed by atoms with Crippen LogP contribution in [0.25, 0.3) is 0 Å². The molecule has 1 saturated heterocycles. The first-order valence-corrected chi connectivity index (χ1v) is 12.6. The Bertz CT molecular complexity index is 1080. The van der Waals surface area contributed by atoms with Gasteiger partial charge in [-0.15, -0.1) is 0 Å². The number of benzene rings is 2. The first-order valence-electron chi connectivity index (χ1n) is 9.77. The van der Waals surface area contributed by atoms with Gasteiger partial charge in [-0.2, -0.15) is 4.31 Å². The normalized spacial score (nSPS) is 19.7. The molecule has 0 N–H and O–H groups in total. The first kappa shape index (κ1) is 21.4. The zero-order valence-electron chi connectivity index (χ0n) is 16.5. The van der Waals surface area contributed by atoms with E-state index in [9.17, 15) is 13.2 Å². The van der Waals surface area contributed by atoms with Crippen LogP contribution in [0.5, 0.6) is 0 Å². The van der Waals surface area contributed by atoms with Gasteiger partial charge in [-0.05, 0) is 62.2 Å². The van der Waals surface area contributed by atoms with Gasteiger partial charge in [0.1, 0.15) is 0 Å². The van der Waals surface area contributed by atoms with E-state index in [1.165, 1.54) is 27.0 Å². The number of halogens is 1. The van der Waals surface area contributed by atoms with Crippen LogP contribution < -0.4 is 4.90 Å². The van der Waals surface area contributed by atoms with Crippen LogP contribution in [0.4, 0.5) is 5.69 Å². The molecule has 2 aliphatic heterocycles. The largest absolute Gasteiger partial charge is 0.268 e. The number of carbonyl (C=O) groups excluding carboxylic acids is 1. The molecule has 9 heteroatoms. The van der Waals surface area contributed by atoms with Crippen molar-refractivity contribution in [2.75, 3.05) is 23.7 Å². The molecule has 30 heavy (non-hydrogen) atoms. The second-order valence-electron chi connectivity index (χ2n) is 7.33. The molecule has 2 aromatic rings. The van der Waals surface area contributed by atoms with Crippen LogP contribution >= 0.6 is 23.4 Å². The van der Waals surface area contributed by atoms with Gasteiger partial charge < -0.3 is 0 Å². The lowest BCUT2D eigenvalue weighted by Crippen LogP contribution is -2.35. The summed E-state index contributed by atoms with van der Waals surface area (Å²) in [5, 5.41) is 1.17. The molecule has 2 heterocycles. The van der Waals surface area contributed by atoms with Crippen molar-refractivity contribution in [3.8, 4) is 0 Å². The van der Waals surface area contributed by atoms with Crippen molar-refractivity contribution in [2.45, 2.75) is 30.7 Å². The second-order valence-corrected chi connectivity index (χ2v) is 10.7. The number of thioether (sulfide) groups is 1. The van der Waals surface area contributed by atoms with Crippen LogP contribution in [0, 0.1) is 0 Å². The van der Waals surface area contributed by atoms with E-state index in [0.717, 1.165) is 18.6 Å². The molecule has 0 spiro atoms. The highest BCUT2D eigenvalue weighted by atomic mass is 35.5. The van der Waals surface area contributed by atoms with Crippen LogP contribution in [0.2, 0.25) is 5.02 Å². The average molecular weight is 464 g/mol. The summed E-state index contributed by atoms with van der Waals surface area (Å²) < 4.78 is 27.4. The monoisotopic (exact) mass is 463 g/mol. The van der Waals surface area contributed by atoms with Crippen molar-refractivity contribution in [3.63, 3.8) is 0 Å². The third-order valence-corrected chi connectivity index (χ3v) is 8.39. The van der Waals surface area contributed by atoms with E-state index in [1.54, 1.807) is 42.5 Å². The minimum Gasteiger partial charge on any atom is -0.268 e. The van der Waals surface area contributed by atoms with Crippen molar-refractivity contribution in [1.29, 1.82) is 0 Å². The number of hydrogen-bond donors (Lipinski definition) is 0. The standard InChI is InChI=1S/C21H22ClN3O3S2/c1-15-14-29-21(23-15)25(18-9-7-17(22)8-10-18)20(26)16-5-4-6-19(13-16)30(27,28)24-11-2-3-12-24/h4-10,13,15H,2-3,11-12,14H2,1H3/t15-/m1/s1. The molecule has 1 amide bonds. The Labute approximate surface area is 186 Å². The molecule has 0 saturated carbocycles. The maximum atomic E-state index is 13.5. The average Bonchev–Trinajstić information content (AvgIpc) is 3.42. The van der Waals surface area contributed by atoms with Crippen LogP contribution in [0.15, 0.2) is 58.4 Å². The highest BCUT2D eigenvalue weighted by Gasteiger charge is 2.30. The van der Waals surface area contributed by atoms with Gasteiger partial charge in [-0.3, -0.25) is 14.7 Å². The predicted molar refractivity (Wildman–Crippen MR) is 122 cm³/mol. The number of amidine groups is 1. The Kier molecular flexibility index (Phi) is 6.20. The third kappa shape index (κ3) is 4.27. The van der Waals surface area contributed by atoms with Gasteiger partial charge in [0.05, 0.1) is 16.6 Å². The van der Waals surface area contributed by atoms with Crippen LogP contribution in [-0.2, 0) is 10.0 Å². The number of sulfonamides is 1. The van der Waals surface area contributed by atoms with E-state index < -0.39 is 10.0 Å². The molecule has 0 unspecified atom stereocenters. The minimum absolute atomic E-state index is 0.106. The Balaban J connectivity index is 1.71. The number of hydrogen-bond acceptors (Lipinski definition) is 5. The summed E-state index contributed by atoms with van der Waals surface area (Å²) in [6.45, 7) is 3.03. The molecule has 1 fully saturated rings. The minimum atomic E-state index is -3.61. The van der Waals surface area contributed by atoms with Crippen molar-refractivity contribution in [3.05, 3.63) is 59.1 Å². The van der Waals surface area contributed by atoms with Gasteiger partial charge in [0.15, 0.2) is 5.17 Å². The summed E-state index contributed by atoms with van der Waals surface area (Å²) in [7, 11) is -3.61. The maximum Gasteiger partial charge on any atom is 0.264 e. The fraction of sp³-hybridized carbons (Fsp3) is 0.333. The zero-order chi connectivity index (χ0) is 21.3. The number of rotatable bonds is 4. The fourth-order valence-corrected chi connectivity index (χ4v) is 6.21. The molecule has 0 aliphatic carbocycles. The summed E-state index contributed by atoms with van der Waals surface area (Å²) in [5.74, 6) is 0.465. The SMILES string of the molecule is C[C@@H]1CSC(N(C(=O)c2cccc(S(=O)(=O)N3CCCC3)c2)c2ccc(Cl)cc2)=N1. The number of anilines is 1. The smallest absolute Gasteiger partial charge is 0.264 e.